The topological polar surface area (TPSA) is 76.0 Å². The van der Waals surface area contributed by atoms with E-state index in [9.17, 15) is 14.0 Å². The third-order valence-electron chi connectivity index (χ3n) is 4.14. The number of hydrogen-bond donors (Lipinski definition) is 2. The highest BCUT2D eigenvalue weighted by Crippen LogP contribution is 2.21. The normalized spacial score (nSPS) is 17.2. The van der Waals surface area contributed by atoms with E-state index in [1.165, 1.54) is 16.8 Å². The second-order valence-corrected chi connectivity index (χ2v) is 6.41. The molecule has 1 aromatic heterocycles. The minimum absolute atomic E-state index is 0.00757. The first-order chi connectivity index (χ1) is 11.9. The largest absolute Gasteiger partial charge is 0.354 e. The van der Waals surface area contributed by atoms with Gasteiger partial charge in [0.1, 0.15) is 11.0 Å². The van der Waals surface area contributed by atoms with Crippen LogP contribution < -0.4 is 10.6 Å². The smallest absolute Gasteiger partial charge is 0.256 e. The first-order valence-electron chi connectivity index (χ1n) is 7.99. The Morgan fingerprint density at radius 3 is 2.80 bits per heavy atom. The number of benzene rings is 1. The van der Waals surface area contributed by atoms with Crippen molar-refractivity contribution in [3.05, 3.63) is 52.1 Å². The number of hydrogen-bond acceptors (Lipinski definition) is 3. The molecular formula is C17H18ClFN4O2. The highest BCUT2D eigenvalue weighted by molar-refractivity contribution is 6.33. The molecule has 2 N–H and O–H groups in total. The number of halogens is 2. The van der Waals surface area contributed by atoms with Gasteiger partial charge in [0.05, 0.1) is 17.8 Å². The summed E-state index contributed by atoms with van der Waals surface area (Å²) in [5.74, 6) is -0.632. The third-order valence-corrected chi connectivity index (χ3v) is 4.52. The highest BCUT2D eigenvalue weighted by Gasteiger charge is 2.25. The summed E-state index contributed by atoms with van der Waals surface area (Å²) in [6.45, 7) is 2.46. The van der Waals surface area contributed by atoms with Gasteiger partial charge in [-0.2, -0.15) is 5.10 Å². The maximum atomic E-state index is 13.0. The van der Waals surface area contributed by atoms with Gasteiger partial charge >= 0.3 is 0 Å². The number of aryl methyl sites for hydroxylation is 1. The third kappa shape index (κ3) is 3.99. The maximum absolute atomic E-state index is 13.0. The van der Waals surface area contributed by atoms with E-state index in [1.54, 1.807) is 19.1 Å². The van der Waals surface area contributed by atoms with Gasteiger partial charge in [0.2, 0.25) is 5.91 Å². The van der Waals surface area contributed by atoms with Crippen molar-refractivity contribution in [2.45, 2.75) is 32.4 Å². The molecule has 1 aliphatic heterocycles. The van der Waals surface area contributed by atoms with Crippen LogP contribution in [0.5, 0.6) is 0 Å². The minimum Gasteiger partial charge on any atom is -0.354 e. The number of carbonyl (C=O) groups excluding carboxylic acids is 2. The summed E-state index contributed by atoms with van der Waals surface area (Å²) < 4.78 is 14.5. The lowest BCUT2D eigenvalue weighted by Crippen LogP contribution is -2.47. The molecule has 1 fully saturated rings. The number of nitrogens with zero attached hydrogens (tertiary/aromatic N) is 2. The number of nitrogens with one attached hydrogen (secondary N) is 2. The van der Waals surface area contributed by atoms with Crippen LogP contribution in [-0.2, 0) is 11.3 Å². The standard InChI is InChI=1S/C17H18ClFN4O2/c1-10-15(17(25)21-13-6-7-14(24)20-8-13)16(18)23(22-10)9-11-2-4-12(19)5-3-11/h2-5,13H,6-9H2,1H3,(H,20,24)(H,21,25). The van der Waals surface area contributed by atoms with E-state index < -0.39 is 0 Å². The second-order valence-electron chi connectivity index (χ2n) is 6.05. The Kier molecular flexibility index (Phi) is 5.03. The first-order valence-corrected chi connectivity index (χ1v) is 8.36. The summed E-state index contributed by atoms with van der Waals surface area (Å²) in [6.07, 6.45) is 0.986. The van der Waals surface area contributed by atoms with Crippen molar-refractivity contribution >= 4 is 23.4 Å². The van der Waals surface area contributed by atoms with Crippen LogP contribution in [0.2, 0.25) is 5.15 Å². The Labute approximate surface area is 149 Å². The Morgan fingerprint density at radius 2 is 2.16 bits per heavy atom. The summed E-state index contributed by atoms with van der Waals surface area (Å²) >= 11 is 6.34. The van der Waals surface area contributed by atoms with Crippen molar-refractivity contribution in [1.29, 1.82) is 0 Å². The van der Waals surface area contributed by atoms with Crippen LogP contribution in [0, 0.1) is 12.7 Å². The van der Waals surface area contributed by atoms with Crippen LogP contribution in [0.25, 0.3) is 0 Å². The molecule has 3 rings (SSSR count). The number of rotatable bonds is 4. The SMILES string of the molecule is Cc1nn(Cc2ccc(F)cc2)c(Cl)c1C(=O)NC1CCC(=O)NC1. The molecule has 1 aliphatic rings. The summed E-state index contributed by atoms with van der Waals surface area (Å²) in [4.78, 5) is 23.7. The van der Waals surface area contributed by atoms with Gasteiger partial charge in [-0.25, -0.2) is 9.07 Å². The van der Waals surface area contributed by atoms with Crippen molar-refractivity contribution in [3.63, 3.8) is 0 Å². The zero-order chi connectivity index (χ0) is 18.0. The lowest BCUT2D eigenvalue weighted by atomic mass is 10.1. The number of carbonyl (C=O) groups is 2. The maximum Gasteiger partial charge on any atom is 0.256 e. The molecule has 0 bridgehead atoms. The number of amides is 2. The monoisotopic (exact) mass is 364 g/mol. The van der Waals surface area contributed by atoms with E-state index >= 15 is 0 Å². The van der Waals surface area contributed by atoms with Gasteiger partial charge in [-0.05, 0) is 31.0 Å². The fraction of sp³-hybridized carbons (Fsp3) is 0.353. The van der Waals surface area contributed by atoms with Crippen LogP contribution in [0.15, 0.2) is 24.3 Å². The van der Waals surface area contributed by atoms with Gasteiger partial charge in [-0.15, -0.1) is 0 Å². The van der Waals surface area contributed by atoms with Crippen LogP contribution >= 0.6 is 11.6 Å². The quantitative estimate of drug-likeness (QED) is 0.871. The van der Waals surface area contributed by atoms with Crippen LogP contribution in [0.4, 0.5) is 4.39 Å². The average molecular weight is 365 g/mol. The lowest BCUT2D eigenvalue weighted by molar-refractivity contribution is -0.122. The van der Waals surface area contributed by atoms with E-state index in [1.807, 2.05) is 0 Å². The molecule has 0 spiro atoms. The number of piperidine rings is 1. The zero-order valence-corrected chi connectivity index (χ0v) is 14.4. The van der Waals surface area contributed by atoms with Crippen LogP contribution in [-0.4, -0.2) is 34.2 Å². The van der Waals surface area contributed by atoms with Gasteiger partial charge in [0, 0.05) is 19.0 Å². The van der Waals surface area contributed by atoms with Crippen molar-refractivity contribution in [3.8, 4) is 0 Å². The molecule has 132 valence electrons. The first kappa shape index (κ1) is 17.4. The highest BCUT2D eigenvalue weighted by atomic mass is 35.5. The lowest BCUT2D eigenvalue weighted by Gasteiger charge is -2.23. The van der Waals surface area contributed by atoms with Crippen molar-refractivity contribution < 1.29 is 14.0 Å². The van der Waals surface area contributed by atoms with E-state index in [4.69, 9.17) is 11.6 Å². The Bertz CT molecular complexity index is 794. The summed E-state index contributed by atoms with van der Waals surface area (Å²) in [6, 6.07) is 5.90. The van der Waals surface area contributed by atoms with Crippen molar-refractivity contribution in [1.82, 2.24) is 20.4 Å². The second kappa shape index (κ2) is 7.23. The number of aromatic nitrogens is 2. The molecule has 2 amide bonds. The molecule has 2 heterocycles. The summed E-state index contributed by atoms with van der Waals surface area (Å²) in [7, 11) is 0. The molecule has 0 radical (unpaired) electrons. The van der Waals surface area contributed by atoms with E-state index in [0.717, 1.165) is 5.56 Å². The predicted molar refractivity (Wildman–Crippen MR) is 91.0 cm³/mol. The van der Waals surface area contributed by atoms with E-state index in [2.05, 4.69) is 15.7 Å². The molecule has 1 aromatic carbocycles. The van der Waals surface area contributed by atoms with Gasteiger partial charge < -0.3 is 10.6 Å². The predicted octanol–water partition coefficient (Wildman–Crippen LogP) is 2.04. The van der Waals surface area contributed by atoms with Crippen molar-refractivity contribution in [2.24, 2.45) is 0 Å². The Hall–Kier alpha value is -2.41. The minimum atomic E-state index is -0.314. The van der Waals surface area contributed by atoms with E-state index in [-0.39, 0.29) is 28.8 Å². The van der Waals surface area contributed by atoms with Crippen LogP contribution in [0.3, 0.4) is 0 Å². The fourth-order valence-electron chi connectivity index (χ4n) is 2.79. The van der Waals surface area contributed by atoms with Gasteiger partial charge in [0.25, 0.3) is 5.91 Å². The van der Waals surface area contributed by atoms with Crippen molar-refractivity contribution in [2.75, 3.05) is 6.54 Å². The molecular weight excluding hydrogens is 347 g/mol. The van der Waals surface area contributed by atoms with E-state index in [0.29, 0.717) is 37.2 Å². The molecule has 0 saturated carbocycles. The molecule has 6 nitrogen and oxygen atoms in total. The molecule has 1 saturated heterocycles. The molecule has 8 heteroatoms. The Morgan fingerprint density at radius 1 is 1.44 bits per heavy atom. The average Bonchev–Trinajstić information content (AvgIpc) is 2.85. The molecule has 2 aromatic rings. The van der Waals surface area contributed by atoms with Gasteiger partial charge in [-0.3, -0.25) is 9.59 Å². The molecule has 0 aliphatic carbocycles. The molecule has 25 heavy (non-hydrogen) atoms. The molecule has 1 unspecified atom stereocenters. The summed E-state index contributed by atoms with van der Waals surface area (Å²) in [5, 5.41) is 10.2. The molecule has 1 atom stereocenters. The Balaban J connectivity index is 1.73. The van der Waals surface area contributed by atoms with Gasteiger partial charge in [-0.1, -0.05) is 23.7 Å². The van der Waals surface area contributed by atoms with Gasteiger partial charge in [0.15, 0.2) is 0 Å². The fourth-order valence-corrected chi connectivity index (χ4v) is 3.11. The summed E-state index contributed by atoms with van der Waals surface area (Å²) in [5.41, 5.74) is 1.66. The van der Waals surface area contributed by atoms with Crippen LogP contribution in [0.1, 0.15) is 34.5 Å². The zero-order valence-electron chi connectivity index (χ0n) is 13.7.